The van der Waals surface area contributed by atoms with E-state index in [0.29, 0.717) is 18.2 Å². The average Bonchev–Trinajstić information content (AvgIpc) is 2.29. The minimum Gasteiger partial charge on any atom is -0.395 e. The molecule has 0 aromatic heterocycles. The van der Waals surface area contributed by atoms with Crippen LogP contribution in [0.5, 0.6) is 0 Å². The van der Waals surface area contributed by atoms with E-state index in [1.54, 1.807) is 0 Å². The van der Waals surface area contributed by atoms with Crippen LogP contribution in [-0.2, 0) is 0 Å². The summed E-state index contributed by atoms with van der Waals surface area (Å²) in [6.45, 7) is 2.41. The maximum absolute atomic E-state index is 12.5. The van der Waals surface area contributed by atoms with Crippen molar-refractivity contribution in [1.82, 2.24) is 4.90 Å². The van der Waals surface area contributed by atoms with Gasteiger partial charge in [-0.3, -0.25) is 4.79 Å². The Labute approximate surface area is 116 Å². The van der Waals surface area contributed by atoms with Gasteiger partial charge < -0.3 is 10.0 Å². The Morgan fingerprint density at radius 3 is 2.78 bits per heavy atom. The van der Waals surface area contributed by atoms with Crippen molar-refractivity contribution in [1.29, 1.82) is 0 Å². The lowest BCUT2D eigenvalue weighted by Gasteiger charge is -2.37. The largest absolute Gasteiger partial charge is 0.395 e. The summed E-state index contributed by atoms with van der Waals surface area (Å²) in [5.41, 5.74) is 1.74. The van der Waals surface area contributed by atoms with Crippen molar-refractivity contribution in [2.24, 2.45) is 0 Å². The van der Waals surface area contributed by atoms with Crippen LogP contribution in [-0.4, -0.2) is 35.1 Å². The molecule has 1 amide bonds. The van der Waals surface area contributed by atoms with Crippen LogP contribution < -0.4 is 0 Å². The Bertz CT molecular complexity index is 443. The third kappa shape index (κ3) is 2.59. The first-order valence-electron chi connectivity index (χ1n) is 6.32. The third-order valence-electron chi connectivity index (χ3n) is 3.54. The fourth-order valence-corrected chi connectivity index (χ4v) is 2.66. The average molecular weight is 312 g/mol. The lowest BCUT2D eigenvalue weighted by Crippen LogP contribution is -2.45. The molecule has 1 N–H and O–H groups in total. The molecule has 18 heavy (non-hydrogen) atoms. The van der Waals surface area contributed by atoms with Gasteiger partial charge in [0.15, 0.2) is 0 Å². The molecule has 1 fully saturated rings. The van der Waals surface area contributed by atoms with Crippen LogP contribution in [0.4, 0.5) is 0 Å². The summed E-state index contributed by atoms with van der Waals surface area (Å²) in [4.78, 5) is 14.3. The first-order chi connectivity index (χ1) is 8.65. The van der Waals surface area contributed by atoms with Gasteiger partial charge in [0.1, 0.15) is 0 Å². The molecule has 0 aliphatic heterocycles. The van der Waals surface area contributed by atoms with Gasteiger partial charge in [0.05, 0.1) is 12.2 Å². The van der Waals surface area contributed by atoms with Crippen molar-refractivity contribution < 1.29 is 9.90 Å². The maximum Gasteiger partial charge on any atom is 0.255 e. The molecule has 1 aromatic carbocycles. The van der Waals surface area contributed by atoms with Gasteiger partial charge in [-0.2, -0.15) is 0 Å². The Morgan fingerprint density at radius 1 is 1.50 bits per heavy atom. The second-order valence-electron chi connectivity index (χ2n) is 4.74. The molecule has 1 aliphatic rings. The molecule has 1 saturated carbocycles. The molecule has 0 saturated heterocycles. The lowest BCUT2D eigenvalue weighted by molar-refractivity contribution is 0.0525. The predicted molar refractivity (Wildman–Crippen MR) is 74.6 cm³/mol. The molecule has 3 nitrogen and oxygen atoms in total. The highest BCUT2D eigenvalue weighted by atomic mass is 79.9. The molecule has 2 rings (SSSR count). The number of halogens is 1. The summed E-state index contributed by atoms with van der Waals surface area (Å²) in [6, 6.07) is 6.01. The molecular formula is C14H18BrNO2. The molecule has 0 unspecified atom stereocenters. The van der Waals surface area contributed by atoms with E-state index in [2.05, 4.69) is 15.9 Å². The number of hydrogen-bond acceptors (Lipinski definition) is 2. The highest BCUT2D eigenvalue weighted by Gasteiger charge is 2.29. The molecule has 98 valence electrons. The smallest absolute Gasteiger partial charge is 0.255 e. The minimum atomic E-state index is 0.0179. The molecule has 0 heterocycles. The first-order valence-corrected chi connectivity index (χ1v) is 7.11. The quantitative estimate of drug-likeness (QED) is 0.929. The Morgan fingerprint density at radius 2 is 2.22 bits per heavy atom. The van der Waals surface area contributed by atoms with Gasteiger partial charge in [-0.05, 0) is 53.7 Å². The zero-order valence-electron chi connectivity index (χ0n) is 10.5. The van der Waals surface area contributed by atoms with E-state index in [1.807, 2.05) is 30.0 Å². The first kappa shape index (κ1) is 13.6. The van der Waals surface area contributed by atoms with E-state index < -0.39 is 0 Å². The molecule has 0 radical (unpaired) electrons. The number of rotatable bonds is 4. The number of carbonyl (C=O) groups is 1. The Kier molecular flexibility index (Phi) is 4.40. The number of amides is 1. The summed E-state index contributed by atoms with van der Waals surface area (Å²) in [7, 11) is 0. The summed E-state index contributed by atoms with van der Waals surface area (Å²) in [5, 5.41) is 9.12. The van der Waals surface area contributed by atoms with Crippen LogP contribution >= 0.6 is 15.9 Å². The van der Waals surface area contributed by atoms with Crippen LogP contribution in [0.15, 0.2) is 22.7 Å². The topological polar surface area (TPSA) is 40.5 Å². The monoisotopic (exact) mass is 311 g/mol. The summed E-state index contributed by atoms with van der Waals surface area (Å²) >= 11 is 3.48. The zero-order chi connectivity index (χ0) is 13.1. The number of benzene rings is 1. The fraction of sp³-hybridized carbons (Fsp3) is 0.500. The number of hydrogen-bond donors (Lipinski definition) is 1. The van der Waals surface area contributed by atoms with Crippen LogP contribution in [0.3, 0.4) is 0 Å². The van der Waals surface area contributed by atoms with E-state index in [0.717, 1.165) is 22.9 Å². The third-order valence-corrected chi connectivity index (χ3v) is 4.59. The number of carbonyl (C=O) groups excluding carboxylic acids is 1. The van der Waals surface area contributed by atoms with Gasteiger partial charge >= 0.3 is 0 Å². The molecule has 0 atom stereocenters. The van der Waals surface area contributed by atoms with Gasteiger partial charge in [-0.15, -0.1) is 0 Å². The van der Waals surface area contributed by atoms with Gasteiger partial charge in [0, 0.05) is 17.1 Å². The molecule has 4 heteroatoms. The number of aliphatic hydroxyl groups excluding tert-OH is 1. The number of aryl methyl sites for hydroxylation is 1. The number of nitrogens with zero attached hydrogens (tertiary/aromatic N) is 1. The maximum atomic E-state index is 12.5. The summed E-state index contributed by atoms with van der Waals surface area (Å²) in [5.74, 6) is 0.0179. The van der Waals surface area contributed by atoms with Crippen molar-refractivity contribution >= 4 is 21.8 Å². The predicted octanol–water partition coefficient (Wildman–Crippen LogP) is 2.74. The molecule has 0 spiro atoms. The van der Waals surface area contributed by atoms with Crippen molar-refractivity contribution in [3.05, 3.63) is 33.8 Å². The van der Waals surface area contributed by atoms with Crippen LogP contribution in [0, 0.1) is 6.92 Å². The molecular weight excluding hydrogens is 294 g/mol. The molecule has 0 bridgehead atoms. The normalized spacial score (nSPS) is 15.3. The Balaban J connectivity index is 2.24. The van der Waals surface area contributed by atoms with Gasteiger partial charge in [-0.1, -0.05) is 12.1 Å². The SMILES string of the molecule is Cc1cccc(C(=O)N(CCO)C2CCC2)c1Br. The van der Waals surface area contributed by atoms with Crippen LogP contribution in [0.2, 0.25) is 0 Å². The van der Waals surface area contributed by atoms with Crippen molar-refractivity contribution in [3.8, 4) is 0 Å². The van der Waals surface area contributed by atoms with E-state index in [4.69, 9.17) is 5.11 Å². The van der Waals surface area contributed by atoms with Gasteiger partial charge in [0.25, 0.3) is 5.91 Å². The fourth-order valence-electron chi connectivity index (χ4n) is 2.22. The van der Waals surface area contributed by atoms with Gasteiger partial charge in [0.2, 0.25) is 0 Å². The highest BCUT2D eigenvalue weighted by Crippen LogP contribution is 2.28. The standard InChI is InChI=1S/C14H18BrNO2/c1-10-4-2-7-12(13(10)15)14(18)16(8-9-17)11-5-3-6-11/h2,4,7,11,17H,3,5-6,8-9H2,1H3. The van der Waals surface area contributed by atoms with E-state index in [-0.39, 0.29) is 12.5 Å². The zero-order valence-corrected chi connectivity index (χ0v) is 12.1. The Hall–Kier alpha value is -0.870. The van der Waals surface area contributed by atoms with Crippen molar-refractivity contribution in [2.45, 2.75) is 32.2 Å². The lowest BCUT2D eigenvalue weighted by atomic mass is 9.91. The van der Waals surface area contributed by atoms with E-state index in [9.17, 15) is 4.79 Å². The molecule has 1 aliphatic carbocycles. The van der Waals surface area contributed by atoms with Crippen molar-refractivity contribution in [3.63, 3.8) is 0 Å². The van der Waals surface area contributed by atoms with E-state index in [1.165, 1.54) is 6.42 Å². The van der Waals surface area contributed by atoms with E-state index >= 15 is 0 Å². The van der Waals surface area contributed by atoms with Gasteiger partial charge in [-0.25, -0.2) is 0 Å². The summed E-state index contributed by atoms with van der Waals surface area (Å²) < 4.78 is 0.859. The van der Waals surface area contributed by atoms with Crippen LogP contribution in [0.25, 0.3) is 0 Å². The van der Waals surface area contributed by atoms with Crippen LogP contribution in [0.1, 0.15) is 35.2 Å². The highest BCUT2D eigenvalue weighted by molar-refractivity contribution is 9.10. The summed E-state index contributed by atoms with van der Waals surface area (Å²) in [6.07, 6.45) is 3.28. The second-order valence-corrected chi connectivity index (χ2v) is 5.54. The number of aliphatic hydroxyl groups is 1. The van der Waals surface area contributed by atoms with Crippen molar-refractivity contribution in [2.75, 3.05) is 13.2 Å². The minimum absolute atomic E-state index is 0.0179. The second kappa shape index (κ2) is 5.85. The molecule has 1 aromatic rings.